The zero-order chi connectivity index (χ0) is 20.5. The number of hydrogen-bond donors (Lipinski definition) is 2. The standard InChI is InChI=1S/C23H24N2O3/c1-23(2,3)19-13-15(17-9-6-10-25-22(17)27)12-18(21(19)28-4)20(26)14-7-5-8-16(24)11-14/h5-13H,24H2,1-4H3,(H,25,27). The minimum absolute atomic E-state index is 0.205. The fraction of sp³-hybridized carbons (Fsp3) is 0.217. The van der Waals surface area contributed by atoms with Crippen LogP contribution in [0.3, 0.4) is 0 Å². The van der Waals surface area contributed by atoms with Gasteiger partial charge in [-0.15, -0.1) is 0 Å². The van der Waals surface area contributed by atoms with Gasteiger partial charge in [-0.05, 0) is 47.4 Å². The van der Waals surface area contributed by atoms with Crippen LogP contribution in [0.15, 0.2) is 59.5 Å². The first-order chi connectivity index (χ1) is 13.2. The van der Waals surface area contributed by atoms with E-state index in [9.17, 15) is 9.59 Å². The lowest BCUT2D eigenvalue weighted by molar-refractivity contribution is 0.103. The summed E-state index contributed by atoms with van der Waals surface area (Å²) in [5, 5.41) is 0. The molecule has 5 nitrogen and oxygen atoms in total. The molecule has 28 heavy (non-hydrogen) atoms. The topological polar surface area (TPSA) is 85.2 Å². The second-order valence-corrected chi connectivity index (χ2v) is 7.72. The highest BCUT2D eigenvalue weighted by Gasteiger charge is 2.26. The van der Waals surface area contributed by atoms with Gasteiger partial charge in [-0.2, -0.15) is 0 Å². The van der Waals surface area contributed by atoms with Gasteiger partial charge in [0.2, 0.25) is 0 Å². The number of ketones is 1. The van der Waals surface area contributed by atoms with E-state index < -0.39 is 0 Å². The van der Waals surface area contributed by atoms with Gasteiger partial charge in [0.25, 0.3) is 5.56 Å². The average molecular weight is 376 g/mol. The Morgan fingerprint density at radius 3 is 2.43 bits per heavy atom. The SMILES string of the molecule is COc1c(C(=O)c2cccc(N)c2)cc(-c2ccc[nH]c2=O)cc1C(C)(C)C. The van der Waals surface area contributed by atoms with E-state index >= 15 is 0 Å². The molecule has 0 radical (unpaired) electrons. The molecule has 144 valence electrons. The molecule has 0 saturated heterocycles. The number of carbonyl (C=O) groups excluding carboxylic acids is 1. The van der Waals surface area contributed by atoms with Crippen LogP contribution in [-0.2, 0) is 5.41 Å². The number of anilines is 1. The Balaban J connectivity index is 2.31. The number of aromatic nitrogens is 1. The van der Waals surface area contributed by atoms with Crippen molar-refractivity contribution in [3.05, 3.63) is 81.8 Å². The number of ether oxygens (including phenoxy) is 1. The Morgan fingerprint density at radius 1 is 1.07 bits per heavy atom. The number of pyridine rings is 1. The molecule has 0 atom stereocenters. The number of nitrogens with one attached hydrogen (secondary N) is 1. The number of carbonyl (C=O) groups is 1. The molecule has 0 aliphatic rings. The quantitative estimate of drug-likeness (QED) is 0.529. The molecule has 0 saturated carbocycles. The first kappa shape index (κ1) is 19.4. The Bertz CT molecular complexity index is 1090. The van der Waals surface area contributed by atoms with Gasteiger partial charge < -0.3 is 15.5 Å². The van der Waals surface area contributed by atoms with Crippen molar-refractivity contribution in [2.75, 3.05) is 12.8 Å². The predicted octanol–water partition coefficient (Wildman–Crippen LogP) is 4.16. The third kappa shape index (κ3) is 3.69. The van der Waals surface area contributed by atoms with Crippen LogP contribution in [0.5, 0.6) is 5.75 Å². The van der Waals surface area contributed by atoms with Crippen LogP contribution in [0.2, 0.25) is 0 Å². The summed E-state index contributed by atoms with van der Waals surface area (Å²) in [4.78, 5) is 28.3. The molecule has 0 bridgehead atoms. The van der Waals surface area contributed by atoms with Crippen LogP contribution in [-0.4, -0.2) is 17.9 Å². The molecule has 1 heterocycles. The maximum Gasteiger partial charge on any atom is 0.255 e. The number of nitrogens with two attached hydrogens (primary N) is 1. The summed E-state index contributed by atoms with van der Waals surface area (Å²) in [5.74, 6) is 0.305. The lowest BCUT2D eigenvalue weighted by Gasteiger charge is -2.25. The van der Waals surface area contributed by atoms with E-state index in [2.05, 4.69) is 4.98 Å². The molecule has 0 aliphatic carbocycles. The second-order valence-electron chi connectivity index (χ2n) is 7.72. The van der Waals surface area contributed by atoms with Crippen molar-refractivity contribution >= 4 is 11.5 Å². The van der Waals surface area contributed by atoms with Crippen molar-refractivity contribution in [1.29, 1.82) is 0 Å². The molecule has 1 aromatic heterocycles. The molecule has 3 rings (SSSR count). The summed E-state index contributed by atoms with van der Waals surface area (Å²) in [6, 6.07) is 14.0. The predicted molar refractivity (Wildman–Crippen MR) is 112 cm³/mol. The summed E-state index contributed by atoms with van der Waals surface area (Å²) in [7, 11) is 1.55. The molecular formula is C23H24N2O3. The average Bonchev–Trinajstić information content (AvgIpc) is 2.66. The Morgan fingerprint density at radius 2 is 1.82 bits per heavy atom. The van der Waals surface area contributed by atoms with Gasteiger partial charge in [0, 0.05) is 28.6 Å². The van der Waals surface area contributed by atoms with E-state index in [0.717, 1.165) is 5.56 Å². The number of H-pyrrole nitrogens is 1. The molecule has 0 spiro atoms. The van der Waals surface area contributed by atoms with Crippen molar-refractivity contribution < 1.29 is 9.53 Å². The molecule has 0 fully saturated rings. The first-order valence-corrected chi connectivity index (χ1v) is 9.03. The maximum atomic E-state index is 13.3. The van der Waals surface area contributed by atoms with Crippen LogP contribution < -0.4 is 16.0 Å². The van der Waals surface area contributed by atoms with E-state index in [0.29, 0.717) is 33.7 Å². The zero-order valence-electron chi connectivity index (χ0n) is 16.5. The van der Waals surface area contributed by atoms with Gasteiger partial charge in [-0.1, -0.05) is 32.9 Å². The highest BCUT2D eigenvalue weighted by molar-refractivity contribution is 6.12. The number of hydrogen-bond acceptors (Lipinski definition) is 4. The second kappa shape index (κ2) is 7.35. The number of rotatable bonds is 4. The van der Waals surface area contributed by atoms with Crippen molar-refractivity contribution in [3.63, 3.8) is 0 Å². The van der Waals surface area contributed by atoms with Gasteiger partial charge in [0.15, 0.2) is 5.78 Å². The number of nitrogen functional groups attached to an aromatic ring is 1. The summed E-state index contributed by atoms with van der Waals surface area (Å²) < 4.78 is 5.66. The van der Waals surface area contributed by atoms with E-state index in [1.54, 1.807) is 55.8 Å². The Hall–Kier alpha value is -3.34. The molecule has 3 aromatic rings. The third-order valence-corrected chi connectivity index (χ3v) is 4.62. The fourth-order valence-electron chi connectivity index (χ4n) is 3.21. The Kier molecular flexibility index (Phi) is 5.10. The van der Waals surface area contributed by atoms with Crippen LogP contribution in [0.1, 0.15) is 42.3 Å². The maximum absolute atomic E-state index is 13.3. The lowest BCUT2D eigenvalue weighted by Crippen LogP contribution is -2.17. The van der Waals surface area contributed by atoms with Gasteiger partial charge in [0.1, 0.15) is 5.75 Å². The van der Waals surface area contributed by atoms with E-state index in [-0.39, 0.29) is 16.8 Å². The third-order valence-electron chi connectivity index (χ3n) is 4.62. The van der Waals surface area contributed by atoms with Crippen LogP contribution >= 0.6 is 0 Å². The first-order valence-electron chi connectivity index (χ1n) is 9.03. The summed E-state index contributed by atoms with van der Waals surface area (Å²) in [6.45, 7) is 6.12. The van der Waals surface area contributed by atoms with Crippen LogP contribution in [0, 0.1) is 0 Å². The molecule has 0 amide bonds. The minimum Gasteiger partial charge on any atom is -0.496 e. The largest absolute Gasteiger partial charge is 0.496 e. The highest BCUT2D eigenvalue weighted by Crippen LogP contribution is 2.38. The summed E-state index contributed by atoms with van der Waals surface area (Å²) in [5.41, 5.74) is 8.74. The van der Waals surface area contributed by atoms with Crippen molar-refractivity contribution in [1.82, 2.24) is 4.98 Å². The number of benzene rings is 2. The summed E-state index contributed by atoms with van der Waals surface area (Å²) >= 11 is 0. The Labute approximate surface area is 164 Å². The van der Waals surface area contributed by atoms with E-state index in [1.807, 2.05) is 26.8 Å². The van der Waals surface area contributed by atoms with Gasteiger partial charge in [-0.25, -0.2) is 0 Å². The minimum atomic E-state index is -0.298. The van der Waals surface area contributed by atoms with Gasteiger partial charge in [0.05, 0.1) is 12.7 Å². The molecule has 3 N–H and O–H groups in total. The van der Waals surface area contributed by atoms with Crippen LogP contribution in [0.4, 0.5) is 5.69 Å². The molecule has 0 aliphatic heterocycles. The lowest BCUT2D eigenvalue weighted by atomic mass is 9.82. The highest BCUT2D eigenvalue weighted by atomic mass is 16.5. The monoisotopic (exact) mass is 376 g/mol. The molecule has 0 unspecified atom stereocenters. The van der Waals surface area contributed by atoms with Crippen molar-refractivity contribution in [3.8, 4) is 16.9 Å². The van der Waals surface area contributed by atoms with Gasteiger partial charge >= 0.3 is 0 Å². The van der Waals surface area contributed by atoms with E-state index in [4.69, 9.17) is 10.5 Å². The number of aromatic amines is 1. The normalized spacial score (nSPS) is 11.3. The van der Waals surface area contributed by atoms with Crippen molar-refractivity contribution in [2.24, 2.45) is 0 Å². The molecule has 5 heteroatoms. The summed E-state index contributed by atoms with van der Waals surface area (Å²) in [6.07, 6.45) is 1.58. The number of methoxy groups -OCH3 is 1. The fourth-order valence-corrected chi connectivity index (χ4v) is 3.21. The molecule has 2 aromatic carbocycles. The van der Waals surface area contributed by atoms with Gasteiger partial charge in [-0.3, -0.25) is 9.59 Å². The van der Waals surface area contributed by atoms with Crippen LogP contribution in [0.25, 0.3) is 11.1 Å². The van der Waals surface area contributed by atoms with E-state index in [1.165, 1.54) is 0 Å². The van der Waals surface area contributed by atoms with Crippen molar-refractivity contribution in [2.45, 2.75) is 26.2 Å². The molecular weight excluding hydrogens is 352 g/mol. The smallest absolute Gasteiger partial charge is 0.255 e. The zero-order valence-corrected chi connectivity index (χ0v) is 16.5.